The Labute approximate surface area is 95.6 Å². The van der Waals surface area contributed by atoms with E-state index in [0.717, 1.165) is 18.5 Å². The predicted molar refractivity (Wildman–Crippen MR) is 61.9 cm³/mol. The summed E-state index contributed by atoms with van der Waals surface area (Å²) in [5, 5.41) is 0. The first-order valence-electron chi connectivity index (χ1n) is 5.77. The number of rotatable bonds is 4. The molecule has 1 aromatic carbocycles. The van der Waals surface area contributed by atoms with Crippen LogP contribution in [0.25, 0.3) is 0 Å². The van der Waals surface area contributed by atoms with E-state index in [-0.39, 0.29) is 5.82 Å². The first-order chi connectivity index (χ1) is 7.76. The fourth-order valence-electron chi connectivity index (χ4n) is 2.37. The first-order valence-corrected chi connectivity index (χ1v) is 5.77. The van der Waals surface area contributed by atoms with E-state index in [2.05, 4.69) is 0 Å². The van der Waals surface area contributed by atoms with Crippen molar-refractivity contribution in [2.75, 3.05) is 13.7 Å². The Morgan fingerprint density at radius 1 is 1.38 bits per heavy atom. The Morgan fingerprint density at radius 3 is 2.69 bits per heavy atom. The normalized spacial score (nSPS) is 23.9. The van der Waals surface area contributed by atoms with Crippen molar-refractivity contribution in [3.63, 3.8) is 0 Å². The molecule has 0 amide bonds. The molecular formula is C13H18FNO. The molecule has 0 bridgehead atoms. The van der Waals surface area contributed by atoms with Gasteiger partial charge in [-0.05, 0) is 49.3 Å². The molecule has 3 heteroatoms. The highest BCUT2D eigenvalue weighted by Gasteiger charge is 2.30. The SMILES string of the molecule is COc1cccc(CC2CCC2CN)c1F. The van der Waals surface area contributed by atoms with Gasteiger partial charge in [0.05, 0.1) is 7.11 Å². The fraction of sp³-hybridized carbons (Fsp3) is 0.538. The number of halogens is 1. The predicted octanol–water partition coefficient (Wildman–Crippen LogP) is 2.36. The van der Waals surface area contributed by atoms with Crippen LogP contribution in [-0.2, 0) is 6.42 Å². The minimum atomic E-state index is -0.215. The van der Waals surface area contributed by atoms with Crippen molar-refractivity contribution >= 4 is 0 Å². The minimum Gasteiger partial charge on any atom is -0.494 e. The van der Waals surface area contributed by atoms with E-state index >= 15 is 0 Å². The molecule has 88 valence electrons. The second-order valence-electron chi connectivity index (χ2n) is 4.47. The number of benzene rings is 1. The smallest absolute Gasteiger partial charge is 0.168 e. The Morgan fingerprint density at radius 2 is 2.12 bits per heavy atom. The van der Waals surface area contributed by atoms with E-state index in [1.54, 1.807) is 6.07 Å². The lowest BCUT2D eigenvalue weighted by Gasteiger charge is -2.36. The van der Waals surface area contributed by atoms with Crippen LogP contribution in [0.2, 0.25) is 0 Å². The van der Waals surface area contributed by atoms with Crippen molar-refractivity contribution in [1.82, 2.24) is 0 Å². The maximum atomic E-state index is 13.9. The molecule has 2 atom stereocenters. The van der Waals surface area contributed by atoms with E-state index in [1.807, 2.05) is 12.1 Å². The van der Waals surface area contributed by atoms with Crippen LogP contribution in [0, 0.1) is 17.7 Å². The molecule has 2 unspecified atom stereocenters. The Balaban J connectivity index is 2.09. The molecule has 16 heavy (non-hydrogen) atoms. The van der Waals surface area contributed by atoms with Gasteiger partial charge in [-0.15, -0.1) is 0 Å². The van der Waals surface area contributed by atoms with Gasteiger partial charge in [-0.2, -0.15) is 0 Å². The van der Waals surface area contributed by atoms with Crippen molar-refractivity contribution in [2.45, 2.75) is 19.3 Å². The van der Waals surface area contributed by atoms with Crippen LogP contribution in [-0.4, -0.2) is 13.7 Å². The molecule has 0 spiro atoms. The number of hydrogen-bond donors (Lipinski definition) is 1. The zero-order valence-corrected chi connectivity index (χ0v) is 9.58. The lowest BCUT2D eigenvalue weighted by atomic mass is 9.71. The zero-order valence-electron chi connectivity index (χ0n) is 9.58. The number of hydrogen-bond acceptors (Lipinski definition) is 2. The molecular weight excluding hydrogens is 205 g/mol. The fourth-order valence-corrected chi connectivity index (χ4v) is 2.37. The number of ether oxygens (including phenoxy) is 1. The van der Waals surface area contributed by atoms with Gasteiger partial charge < -0.3 is 10.5 Å². The molecule has 2 nitrogen and oxygen atoms in total. The van der Waals surface area contributed by atoms with Gasteiger partial charge in [-0.3, -0.25) is 0 Å². The van der Waals surface area contributed by atoms with E-state index in [1.165, 1.54) is 20.0 Å². The van der Waals surface area contributed by atoms with Gasteiger partial charge in [0.25, 0.3) is 0 Å². The lowest BCUT2D eigenvalue weighted by molar-refractivity contribution is 0.181. The second-order valence-corrected chi connectivity index (χ2v) is 4.47. The van der Waals surface area contributed by atoms with Gasteiger partial charge in [0.15, 0.2) is 11.6 Å². The third-order valence-electron chi connectivity index (χ3n) is 3.62. The van der Waals surface area contributed by atoms with Gasteiger partial charge in [0, 0.05) is 0 Å². The molecule has 1 aliphatic carbocycles. The van der Waals surface area contributed by atoms with Crippen LogP contribution in [0.1, 0.15) is 18.4 Å². The monoisotopic (exact) mass is 223 g/mol. The first kappa shape index (κ1) is 11.4. The zero-order chi connectivity index (χ0) is 11.5. The van der Waals surface area contributed by atoms with Crippen LogP contribution in [0.5, 0.6) is 5.75 Å². The number of nitrogens with two attached hydrogens (primary N) is 1. The summed E-state index contributed by atoms with van der Waals surface area (Å²) in [6.45, 7) is 0.719. The van der Waals surface area contributed by atoms with Crippen LogP contribution in [0.3, 0.4) is 0 Å². The summed E-state index contributed by atoms with van der Waals surface area (Å²) in [4.78, 5) is 0. The van der Waals surface area contributed by atoms with Gasteiger partial charge in [-0.25, -0.2) is 4.39 Å². The average molecular weight is 223 g/mol. The third kappa shape index (κ3) is 2.05. The van der Waals surface area contributed by atoms with Crippen LogP contribution in [0.4, 0.5) is 4.39 Å². The molecule has 2 N–H and O–H groups in total. The summed E-state index contributed by atoms with van der Waals surface area (Å²) in [6.07, 6.45) is 3.14. The van der Waals surface area contributed by atoms with Crippen LogP contribution < -0.4 is 10.5 Å². The quantitative estimate of drug-likeness (QED) is 0.850. The van der Waals surface area contributed by atoms with Crippen molar-refractivity contribution < 1.29 is 9.13 Å². The van der Waals surface area contributed by atoms with Gasteiger partial charge in [-0.1, -0.05) is 12.1 Å². The Bertz CT molecular complexity index is 365. The van der Waals surface area contributed by atoms with Crippen molar-refractivity contribution in [2.24, 2.45) is 17.6 Å². The highest BCUT2D eigenvalue weighted by Crippen LogP contribution is 2.37. The van der Waals surface area contributed by atoms with Gasteiger partial charge in [0.2, 0.25) is 0 Å². The van der Waals surface area contributed by atoms with E-state index in [4.69, 9.17) is 10.5 Å². The summed E-state index contributed by atoms with van der Waals surface area (Å²) in [5.41, 5.74) is 6.41. The summed E-state index contributed by atoms with van der Waals surface area (Å²) in [6, 6.07) is 5.33. The van der Waals surface area contributed by atoms with Crippen LogP contribution in [0.15, 0.2) is 18.2 Å². The molecule has 1 fully saturated rings. The lowest BCUT2D eigenvalue weighted by Crippen LogP contribution is -2.33. The highest BCUT2D eigenvalue weighted by molar-refractivity contribution is 5.31. The topological polar surface area (TPSA) is 35.2 Å². The minimum absolute atomic E-state index is 0.215. The molecule has 2 rings (SSSR count). The average Bonchev–Trinajstić information content (AvgIpc) is 2.27. The van der Waals surface area contributed by atoms with Gasteiger partial charge in [0.1, 0.15) is 0 Å². The molecule has 0 aliphatic heterocycles. The van der Waals surface area contributed by atoms with Crippen molar-refractivity contribution in [3.05, 3.63) is 29.6 Å². The summed E-state index contributed by atoms with van der Waals surface area (Å²) in [5.74, 6) is 1.24. The molecule has 1 aliphatic rings. The van der Waals surface area contributed by atoms with Crippen LogP contribution >= 0.6 is 0 Å². The standard InChI is InChI=1S/C13H18FNO/c1-16-12-4-2-3-10(13(12)14)7-9-5-6-11(9)8-15/h2-4,9,11H,5-8,15H2,1H3. The molecule has 0 saturated heterocycles. The molecule has 1 saturated carbocycles. The van der Waals surface area contributed by atoms with Crippen molar-refractivity contribution in [3.8, 4) is 5.75 Å². The van der Waals surface area contributed by atoms with E-state index in [0.29, 0.717) is 17.6 Å². The molecule has 1 aromatic rings. The Hall–Kier alpha value is -1.09. The second kappa shape index (κ2) is 4.83. The maximum absolute atomic E-state index is 13.9. The van der Waals surface area contributed by atoms with E-state index in [9.17, 15) is 4.39 Å². The summed E-state index contributed by atoms with van der Waals surface area (Å²) >= 11 is 0. The van der Waals surface area contributed by atoms with E-state index < -0.39 is 0 Å². The number of methoxy groups -OCH3 is 1. The molecule has 0 aromatic heterocycles. The summed E-state index contributed by atoms with van der Waals surface area (Å²) < 4.78 is 18.8. The Kier molecular flexibility index (Phi) is 3.44. The largest absolute Gasteiger partial charge is 0.494 e. The molecule has 0 radical (unpaired) electrons. The molecule has 0 heterocycles. The van der Waals surface area contributed by atoms with Crippen molar-refractivity contribution in [1.29, 1.82) is 0 Å². The maximum Gasteiger partial charge on any atom is 0.168 e. The van der Waals surface area contributed by atoms with Gasteiger partial charge >= 0.3 is 0 Å². The summed E-state index contributed by atoms with van der Waals surface area (Å²) in [7, 11) is 1.49. The highest BCUT2D eigenvalue weighted by atomic mass is 19.1. The third-order valence-corrected chi connectivity index (χ3v) is 3.62.